The van der Waals surface area contributed by atoms with Crippen molar-refractivity contribution in [2.45, 2.75) is 65.6 Å². The second kappa shape index (κ2) is 8.84. The van der Waals surface area contributed by atoms with Gasteiger partial charge in [0.1, 0.15) is 0 Å². The molecule has 0 bridgehead atoms. The third kappa shape index (κ3) is 4.43. The minimum absolute atomic E-state index is 0. The number of rotatable bonds is 6. The maximum Gasteiger partial charge on any atom is 0.0644 e. The smallest absolute Gasteiger partial charge is 0.0644 e. The van der Waals surface area contributed by atoms with E-state index in [0.29, 0.717) is 12.6 Å². The van der Waals surface area contributed by atoms with Gasteiger partial charge in [0.25, 0.3) is 0 Å². The third-order valence-electron chi connectivity index (χ3n) is 5.30. The van der Waals surface area contributed by atoms with Crippen LogP contribution in [0.5, 0.6) is 0 Å². The molecule has 0 saturated carbocycles. The van der Waals surface area contributed by atoms with Gasteiger partial charge in [0.05, 0.1) is 18.8 Å². The van der Waals surface area contributed by atoms with Gasteiger partial charge in [-0.05, 0) is 63.1 Å². The van der Waals surface area contributed by atoms with E-state index in [4.69, 9.17) is 5.11 Å². The summed E-state index contributed by atoms with van der Waals surface area (Å²) < 4.78 is 1.90. The molecule has 3 rings (SSSR count). The van der Waals surface area contributed by atoms with Crippen LogP contribution < -0.4 is 5.32 Å². The second-order valence-electron chi connectivity index (χ2n) is 6.93. The first-order chi connectivity index (χ1) is 11.6. The lowest BCUT2D eigenvalue weighted by Gasteiger charge is -2.20. The number of hydrogen-bond donors (Lipinski definition) is 2. The average Bonchev–Trinajstić information content (AvgIpc) is 2.86. The van der Waals surface area contributed by atoms with Crippen molar-refractivity contribution in [2.24, 2.45) is 0 Å². The van der Waals surface area contributed by atoms with Gasteiger partial charge in [-0.3, -0.25) is 4.68 Å². The Balaban J connectivity index is 0.00000225. The van der Waals surface area contributed by atoms with Gasteiger partial charge in [-0.15, -0.1) is 12.4 Å². The number of nitrogens with zero attached hydrogens (tertiary/aromatic N) is 2. The number of aryl methyl sites for hydroxylation is 3. The summed E-state index contributed by atoms with van der Waals surface area (Å²) >= 11 is 0. The zero-order chi connectivity index (χ0) is 17.1. The molecule has 0 fully saturated rings. The zero-order valence-electron chi connectivity index (χ0n) is 15.5. The molecule has 1 heterocycles. The highest BCUT2D eigenvalue weighted by Crippen LogP contribution is 2.25. The van der Waals surface area contributed by atoms with Crippen molar-refractivity contribution in [3.8, 4) is 0 Å². The molecule has 1 aliphatic rings. The van der Waals surface area contributed by atoms with Gasteiger partial charge < -0.3 is 10.4 Å². The Labute approximate surface area is 157 Å². The lowest BCUT2D eigenvalue weighted by molar-refractivity contribution is 0.267. The molecule has 2 aromatic rings. The van der Waals surface area contributed by atoms with E-state index >= 15 is 0 Å². The van der Waals surface area contributed by atoms with E-state index in [1.807, 2.05) is 11.6 Å². The lowest BCUT2D eigenvalue weighted by atomic mass is 9.89. The van der Waals surface area contributed by atoms with Crippen molar-refractivity contribution in [3.63, 3.8) is 0 Å². The number of aromatic nitrogens is 2. The Bertz CT molecular complexity index is 711. The predicted molar refractivity (Wildman–Crippen MR) is 104 cm³/mol. The summed E-state index contributed by atoms with van der Waals surface area (Å²) in [6.07, 6.45) is 5.11. The van der Waals surface area contributed by atoms with Crippen molar-refractivity contribution in [1.29, 1.82) is 0 Å². The Kier molecular flexibility index (Phi) is 7.05. The molecule has 1 unspecified atom stereocenters. The predicted octanol–water partition coefficient (Wildman–Crippen LogP) is 3.64. The molecule has 4 nitrogen and oxygen atoms in total. The van der Waals surface area contributed by atoms with Gasteiger partial charge >= 0.3 is 0 Å². The first-order valence-corrected chi connectivity index (χ1v) is 9.09. The molecule has 0 spiro atoms. The molecule has 1 atom stereocenters. The summed E-state index contributed by atoms with van der Waals surface area (Å²) in [6.45, 7) is 7.85. The average molecular weight is 364 g/mol. The van der Waals surface area contributed by atoms with Gasteiger partial charge in [0, 0.05) is 23.8 Å². The van der Waals surface area contributed by atoms with Gasteiger partial charge in [-0.1, -0.05) is 18.2 Å². The summed E-state index contributed by atoms with van der Waals surface area (Å²) in [6, 6.07) is 7.30. The van der Waals surface area contributed by atoms with Crippen LogP contribution in [0.3, 0.4) is 0 Å². The topological polar surface area (TPSA) is 50.1 Å². The van der Waals surface area contributed by atoms with E-state index in [9.17, 15) is 0 Å². The van der Waals surface area contributed by atoms with Gasteiger partial charge in [-0.25, -0.2) is 0 Å². The van der Waals surface area contributed by atoms with E-state index < -0.39 is 0 Å². The highest BCUT2D eigenvalue weighted by atomic mass is 35.5. The van der Waals surface area contributed by atoms with E-state index in [1.54, 1.807) is 0 Å². The fraction of sp³-hybridized carbons (Fsp3) is 0.550. The summed E-state index contributed by atoms with van der Waals surface area (Å²) in [5.41, 5.74) is 7.88. The van der Waals surface area contributed by atoms with Crippen LogP contribution in [0.2, 0.25) is 0 Å². The molecular formula is C20H30ClN3O. The van der Waals surface area contributed by atoms with E-state index in [2.05, 4.69) is 42.5 Å². The number of aliphatic hydroxyl groups excluding tert-OH is 1. The second-order valence-corrected chi connectivity index (χ2v) is 6.93. The first-order valence-electron chi connectivity index (χ1n) is 9.09. The van der Waals surface area contributed by atoms with Crippen LogP contribution in [0.1, 0.15) is 59.4 Å². The molecule has 0 amide bonds. The maximum atomic E-state index is 9.13. The lowest BCUT2D eigenvalue weighted by Crippen LogP contribution is -2.19. The van der Waals surface area contributed by atoms with Crippen LogP contribution in [-0.4, -0.2) is 21.5 Å². The minimum Gasteiger partial charge on any atom is -0.394 e. The largest absolute Gasteiger partial charge is 0.394 e. The summed E-state index contributed by atoms with van der Waals surface area (Å²) in [4.78, 5) is 0. The molecule has 25 heavy (non-hydrogen) atoms. The van der Waals surface area contributed by atoms with Crippen LogP contribution >= 0.6 is 12.4 Å². The van der Waals surface area contributed by atoms with E-state index in [-0.39, 0.29) is 19.0 Å². The number of benzene rings is 1. The Morgan fingerprint density at radius 2 is 1.92 bits per heavy atom. The quantitative estimate of drug-likeness (QED) is 0.823. The van der Waals surface area contributed by atoms with Gasteiger partial charge in [0.15, 0.2) is 0 Å². The normalized spacial score (nSPS) is 14.7. The highest BCUT2D eigenvalue weighted by Gasteiger charge is 2.15. The van der Waals surface area contributed by atoms with Crippen molar-refractivity contribution >= 4 is 12.4 Å². The van der Waals surface area contributed by atoms with Crippen LogP contribution in [-0.2, 0) is 25.9 Å². The minimum atomic E-state index is 0. The molecule has 138 valence electrons. The fourth-order valence-corrected chi connectivity index (χ4v) is 3.70. The number of aliphatic hydroxyl groups is 1. The Hall–Kier alpha value is -1.36. The van der Waals surface area contributed by atoms with Crippen LogP contribution in [0.4, 0.5) is 0 Å². The highest BCUT2D eigenvalue weighted by molar-refractivity contribution is 5.85. The van der Waals surface area contributed by atoms with Crippen molar-refractivity contribution in [2.75, 3.05) is 6.61 Å². The Morgan fingerprint density at radius 1 is 1.20 bits per heavy atom. The number of halogens is 1. The molecule has 1 aromatic carbocycles. The van der Waals surface area contributed by atoms with Crippen LogP contribution in [0, 0.1) is 13.8 Å². The zero-order valence-corrected chi connectivity index (χ0v) is 16.3. The van der Waals surface area contributed by atoms with E-state index in [0.717, 1.165) is 17.9 Å². The summed E-state index contributed by atoms with van der Waals surface area (Å²) in [7, 11) is 0. The first kappa shape index (κ1) is 20.0. The standard InChI is InChI=1S/C20H29N3O.ClH/c1-14(18-9-8-17-6-4-5-7-19(17)12-18)21-13-20-15(2)22-23(10-11-24)16(20)3;/h8-9,12,14,21,24H,4-7,10-11,13H2,1-3H3;1H. The third-order valence-corrected chi connectivity index (χ3v) is 5.30. The SMILES string of the molecule is Cc1nn(CCO)c(C)c1CNC(C)c1ccc2c(c1)CCCC2.Cl. The maximum absolute atomic E-state index is 9.13. The summed E-state index contributed by atoms with van der Waals surface area (Å²) in [5.74, 6) is 0. The van der Waals surface area contributed by atoms with Gasteiger partial charge in [-0.2, -0.15) is 5.10 Å². The monoisotopic (exact) mass is 363 g/mol. The fourth-order valence-electron chi connectivity index (χ4n) is 3.70. The summed E-state index contributed by atoms with van der Waals surface area (Å²) in [5, 5.41) is 17.3. The molecule has 0 saturated heterocycles. The molecule has 1 aromatic heterocycles. The Morgan fingerprint density at radius 3 is 2.64 bits per heavy atom. The van der Waals surface area contributed by atoms with Crippen LogP contribution in [0.15, 0.2) is 18.2 Å². The van der Waals surface area contributed by atoms with Crippen molar-refractivity contribution < 1.29 is 5.11 Å². The molecule has 1 aliphatic carbocycles. The van der Waals surface area contributed by atoms with Crippen molar-refractivity contribution in [3.05, 3.63) is 51.8 Å². The van der Waals surface area contributed by atoms with E-state index in [1.165, 1.54) is 47.9 Å². The molecular weight excluding hydrogens is 334 g/mol. The van der Waals surface area contributed by atoms with Crippen molar-refractivity contribution in [1.82, 2.24) is 15.1 Å². The number of fused-ring (bicyclic) bond motifs is 1. The molecule has 0 radical (unpaired) electrons. The van der Waals surface area contributed by atoms with Crippen LogP contribution in [0.25, 0.3) is 0 Å². The molecule has 0 aliphatic heterocycles. The molecule has 2 N–H and O–H groups in total. The number of nitrogens with one attached hydrogen (secondary N) is 1. The number of hydrogen-bond acceptors (Lipinski definition) is 3. The molecule has 5 heteroatoms. The van der Waals surface area contributed by atoms with Gasteiger partial charge in [0.2, 0.25) is 0 Å².